The fourth-order valence-corrected chi connectivity index (χ4v) is 2.57. The van der Waals surface area contributed by atoms with Gasteiger partial charge in [-0.25, -0.2) is 0 Å². The fraction of sp³-hybridized carbons (Fsp3) is 0.286. The topological polar surface area (TPSA) is 68.0 Å². The van der Waals surface area contributed by atoms with Crippen molar-refractivity contribution in [3.63, 3.8) is 0 Å². The van der Waals surface area contributed by atoms with E-state index in [1.165, 1.54) is 11.1 Å². The quantitative estimate of drug-likeness (QED) is 0.900. The maximum absolute atomic E-state index is 12.0. The molecule has 19 heavy (non-hydrogen) atoms. The molecule has 0 saturated carbocycles. The number of nitrogens with two attached hydrogens (primary N) is 1. The largest absolute Gasteiger partial charge is 0.399 e. The predicted molar refractivity (Wildman–Crippen MR) is 78.3 cm³/mol. The third-order valence-electron chi connectivity index (χ3n) is 2.90. The first-order valence-corrected chi connectivity index (χ1v) is 6.91. The van der Waals surface area contributed by atoms with Crippen LogP contribution in [0.2, 0.25) is 0 Å². The van der Waals surface area contributed by atoms with Crippen LogP contribution in [0.5, 0.6) is 0 Å². The van der Waals surface area contributed by atoms with Gasteiger partial charge in [-0.15, -0.1) is 11.3 Å². The van der Waals surface area contributed by atoms with Crippen LogP contribution in [0.25, 0.3) is 0 Å². The van der Waals surface area contributed by atoms with Gasteiger partial charge in [0.25, 0.3) is 5.91 Å². The maximum Gasteiger partial charge on any atom is 0.269 e. The van der Waals surface area contributed by atoms with Gasteiger partial charge in [0.2, 0.25) is 0 Å². The molecule has 0 unspecified atom stereocenters. The van der Waals surface area contributed by atoms with Crippen LogP contribution in [0.4, 0.5) is 5.69 Å². The van der Waals surface area contributed by atoms with Gasteiger partial charge in [-0.05, 0) is 23.6 Å². The van der Waals surface area contributed by atoms with Crippen molar-refractivity contribution in [3.8, 4) is 0 Å². The standard InChI is InChI=1S/C14H17N3OS/c1-14(2,12-4-3-7-19-12)9-17-13(18)11-8-10(15)5-6-16-11/h3-8H,9H2,1-2H3,(H2,15,16)(H,17,18). The smallest absolute Gasteiger partial charge is 0.269 e. The molecule has 0 aliphatic rings. The Kier molecular flexibility index (Phi) is 3.85. The Bertz CT molecular complexity index is 564. The highest BCUT2D eigenvalue weighted by molar-refractivity contribution is 7.10. The number of carbonyl (C=O) groups is 1. The summed E-state index contributed by atoms with van der Waals surface area (Å²) < 4.78 is 0. The molecule has 100 valence electrons. The summed E-state index contributed by atoms with van der Waals surface area (Å²) in [6.45, 7) is 4.76. The van der Waals surface area contributed by atoms with Crippen LogP contribution in [-0.2, 0) is 5.41 Å². The molecule has 0 aliphatic carbocycles. The maximum atomic E-state index is 12.0. The molecule has 2 rings (SSSR count). The minimum absolute atomic E-state index is 0.0931. The molecular weight excluding hydrogens is 258 g/mol. The highest BCUT2D eigenvalue weighted by Crippen LogP contribution is 2.26. The van der Waals surface area contributed by atoms with Gasteiger partial charge in [-0.1, -0.05) is 19.9 Å². The number of hydrogen-bond acceptors (Lipinski definition) is 4. The van der Waals surface area contributed by atoms with Gasteiger partial charge in [0.1, 0.15) is 5.69 Å². The highest BCUT2D eigenvalue weighted by Gasteiger charge is 2.22. The number of nitrogens with one attached hydrogen (secondary N) is 1. The SMILES string of the molecule is CC(C)(CNC(=O)c1cc(N)ccn1)c1cccs1. The summed E-state index contributed by atoms with van der Waals surface area (Å²) in [4.78, 5) is 17.2. The summed E-state index contributed by atoms with van der Waals surface area (Å²) >= 11 is 1.69. The normalized spacial score (nSPS) is 11.3. The number of nitrogen functional groups attached to an aromatic ring is 1. The first-order valence-electron chi connectivity index (χ1n) is 6.03. The average Bonchev–Trinajstić information content (AvgIpc) is 2.90. The first kappa shape index (κ1) is 13.5. The first-order chi connectivity index (χ1) is 8.99. The van der Waals surface area contributed by atoms with E-state index in [4.69, 9.17) is 5.73 Å². The van der Waals surface area contributed by atoms with E-state index in [-0.39, 0.29) is 11.3 Å². The molecular formula is C14H17N3OS. The van der Waals surface area contributed by atoms with Crippen molar-refractivity contribution in [1.29, 1.82) is 0 Å². The van der Waals surface area contributed by atoms with Crippen LogP contribution >= 0.6 is 11.3 Å². The Morgan fingerprint density at radius 1 is 1.47 bits per heavy atom. The number of aromatic nitrogens is 1. The third-order valence-corrected chi connectivity index (χ3v) is 4.13. The Morgan fingerprint density at radius 3 is 2.89 bits per heavy atom. The van der Waals surface area contributed by atoms with Crippen LogP contribution in [0, 0.1) is 0 Å². The predicted octanol–water partition coefficient (Wildman–Crippen LogP) is 2.43. The molecule has 2 aromatic rings. The lowest BCUT2D eigenvalue weighted by Gasteiger charge is -2.23. The van der Waals surface area contributed by atoms with Gasteiger partial charge >= 0.3 is 0 Å². The molecule has 3 N–H and O–H groups in total. The van der Waals surface area contributed by atoms with Crippen LogP contribution in [0.1, 0.15) is 29.2 Å². The molecule has 2 aromatic heterocycles. The second-order valence-electron chi connectivity index (χ2n) is 5.02. The van der Waals surface area contributed by atoms with E-state index in [0.717, 1.165) is 0 Å². The van der Waals surface area contributed by atoms with E-state index in [2.05, 4.69) is 30.2 Å². The zero-order valence-electron chi connectivity index (χ0n) is 11.0. The minimum atomic E-state index is -0.197. The molecule has 0 aliphatic heterocycles. The van der Waals surface area contributed by atoms with Gasteiger partial charge in [0, 0.05) is 28.7 Å². The number of pyridine rings is 1. The second-order valence-corrected chi connectivity index (χ2v) is 5.97. The molecule has 0 bridgehead atoms. The Morgan fingerprint density at radius 2 is 2.26 bits per heavy atom. The molecule has 0 radical (unpaired) electrons. The summed E-state index contributed by atoms with van der Waals surface area (Å²) in [5, 5.41) is 4.94. The number of hydrogen-bond donors (Lipinski definition) is 2. The molecule has 2 heterocycles. The molecule has 0 aromatic carbocycles. The fourth-order valence-electron chi connectivity index (χ4n) is 1.71. The third kappa shape index (κ3) is 3.32. The van der Waals surface area contributed by atoms with Crippen LogP contribution in [0.15, 0.2) is 35.8 Å². The average molecular weight is 275 g/mol. The summed E-state index contributed by atoms with van der Waals surface area (Å²) in [7, 11) is 0. The molecule has 0 atom stereocenters. The number of nitrogens with zero attached hydrogens (tertiary/aromatic N) is 1. The zero-order valence-corrected chi connectivity index (χ0v) is 11.8. The van der Waals surface area contributed by atoms with Crippen LogP contribution in [-0.4, -0.2) is 17.4 Å². The lowest BCUT2D eigenvalue weighted by Crippen LogP contribution is -2.36. The lowest BCUT2D eigenvalue weighted by atomic mass is 9.91. The van der Waals surface area contributed by atoms with Gasteiger partial charge in [-0.2, -0.15) is 0 Å². The monoisotopic (exact) mass is 275 g/mol. The summed E-state index contributed by atoms with van der Waals surface area (Å²) in [5.74, 6) is -0.197. The lowest BCUT2D eigenvalue weighted by molar-refractivity contribution is 0.0941. The summed E-state index contributed by atoms with van der Waals surface area (Å²) in [5.41, 5.74) is 6.43. The Hall–Kier alpha value is -1.88. The van der Waals surface area contributed by atoms with E-state index in [1.807, 2.05) is 11.4 Å². The van der Waals surface area contributed by atoms with E-state index in [0.29, 0.717) is 17.9 Å². The van der Waals surface area contributed by atoms with E-state index in [1.54, 1.807) is 23.5 Å². The number of carbonyl (C=O) groups excluding carboxylic acids is 1. The van der Waals surface area contributed by atoms with Crippen molar-refractivity contribution in [2.45, 2.75) is 19.3 Å². The van der Waals surface area contributed by atoms with Crippen LogP contribution in [0.3, 0.4) is 0 Å². The molecule has 1 amide bonds. The molecule has 0 fully saturated rings. The number of thiophene rings is 1. The summed E-state index contributed by atoms with van der Waals surface area (Å²) in [6, 6.07) is 7.33. The van der Waals surface area contributed by atoms with E-state index < -0.39 is 0 Å². The molecule has 0 saturated heterocycles. The van der Waals surface area contributed by atoms with Crippen molar-refractivity contribution in [1.82, 2.24) is 10.3 Å². The second kappa shape index (κ2) is 5.40. The zero-order chi connectivity index (χ0) is 13.9. The number of rotatable bonds is 4. The summed E-state index contributed by atoms with van der Waals surface area (Å²) in [6.07, 6.45) is 1.54. The Balaban J connectivity index is 2.01. The van der Waals surface area contributed by atoms with Crippen molar-refractivity contribution in [3.05, 3.63) is 46.4 Å². The van der Waals surface area contributed by atoms with Gasteiger partial charge < -0.3 is 11.1 Å². The van der Waals surface area contributed by atoms with E-state index >= 15 is 0 Å². The highest BCUT2D eigenvalue weighted by atomic mass is 32.1. The minimum Gasteiger partial charge on any atom is -0.399 e. The van der Waals surface area contributed by atoms with Crippen molar-refractivity contribution >= 4 is 22.9 Å². The van der Waals surface area contributed by atoms with Crippen molar-refractivity contribution in [2.75, 3.05) is 12.3 Å². The molecule has 0 spiro atoms. The number of anilines is 1. The van der Waals surface area contributed by atoms with Crippen molar-refractivity contribution < 1.29 is 4.79 Å². The van der Waals surface area contributed by atoms with Crippen LogP contribution < -0.4 is 11.1 Å². The number of amides is 1. The van der Waals surface area contributed by atoms with Gasteiger partial charge in [0.05, 0.1) is 0 Å². The van der Waals surface area contributed by atoms with Gasteiger partial charge in [0.15, 0.2) is 0 Å². The Labute approximate surface area is 116 Å². The molecule has 5 heteroatoms. The van der Waals surface area contributed by atoms with Gasteiger partial charge in [-0.3, -0.25) is 9.78 Å². The van der Waals surface area contributed by atoms with Crippen molar-refractivity contribution in [2.24, 2.45) is 0 Å². The molecule has 4 nitrogen and oxygen atoms in total. The van der Waals surface area contributed by atoms with E-state index in [9.17, 15) is 4.79 Å².